The Kier molecular flexibility index (Phi) is 4.14. The molecule has 6 heteroatoms. The van der Waals surface area contributed by atoms with E-state index in [1.54, 1.807) is 18.2 Å². The van der Waals surface area contributed by atoms with Gasteiger partial charge in [0.15, 0.2) is 17.2 Å². The fourth-order valence-electron chi connectivity index (χ4n) is 1.98. The Hall–Kier alpha value is -2.14. The number of benzene rings is 2. The van der Waals surface area contributed by atoms with E-state index in [1.165, 1.54) is 25.1 Å². The van der Waals surface area contributed by atoms with Gasteiger partial charge in [-0.2, -0.15) is 0 Å². The summed E-state index contributed by atoms with van der Waals surface area (Å²) in [7, 11) is 0. The van der Waals surface area contributed by atoms with E-state index in [9.17, 15) is 18.7 Å². The molecule has 0 heterocycles. The number of carbonyl (C=O) groups is 1. The Bertz CT molecular complexity index is 693. The van der Waals surface area contributed by atoms with Crippen molar-refractivity contribution in [3.05, 3.63) is 64.7 Å². The third-order valence-electron chi connectivity index (χ3n) is 3.14. The van der Waals surface area contributed by atoms with Crippen molar-refractivity contribution in [3.63, 3.8) is 0 Å². The van der Waals surface area contributed by atoms with Gasteiger partial charge in [-0.15, -0.1) is 0 Å². The molecule has 0 amide bonds. The minimum Gasteiger partial charge on any atom is -0.479 e. The quantitative estimate of drug-likeness (QED) is 0.896. The van der Waals surface area contributed by atoms with Gasteiger partial charge in [0.1, 0.15) is 0 Å². The SMILES string of the molecule is CC(Nc1cccc(Cl)c1)(C(=O)O)c1cccc(F)c1F. The zero-order chi connectivity index (χ0) is 15.6. The number of halogens is 3. The maximum absolute atomic E-state index is 13.9. The molecule has 2 N–H and O–H groups in total. The van der Waals surface area contributed by atoms with Crippen LogP contribution in [0.2, 0.25) is 5.02 Å². The van der Waals surface area contributed by atoms with Gasteiger partial charge in [-0.3, -0.25) is 0 Å². The summed E-state index contributed by atoms with van der Waals surface area (Å²) in [5, 5.41) is 12.5. The predicted octanol–water partition coefficient (Wildman–Crippen LogP) is 4.03. The van der Waals surface area contributed by atoms with Crippen molar-refractivity contribution in [2.24, 2.45) is 0 Å². The molecule has 0 aromatic heterocycles. The summed E-state index contributed by atoms with van der Waals surface area (Å²) in [4.78, 5) is 11.6. The molecule has 3 nitrogen and oxygen atoms in total. The van der Waals surface area contributed by atoms with Crippen LogP contribution in [-0.4, -0.2) is 11.1 Å². The highest BCUT2D eigenvalue weighted by molar-refractivity contribution is 6.30. The fraction of sp³-hybridized carbons (Fsp3) is 0.133. The molecule has 110 valence electrons. The van der Waals surface area contributed by atoms with Crippen LogP contribution >= 0.6 is 11.6 Å². The van der Waals surface area contributed by atoms with Crippen LogP contribution in [0.3, 0.4) is 0 Å². The molecular formula is C15H12ClF2NO2. The number of aliphatic carboxylic acids is 1. The average Bonchev–Trinajstić information content (AvgIpc) is 2.41. The van der Waals surface area contributed by atoms with E-state index < -0.39 is 23.1 Å². The fourth-order valence-corrected chi connectivity index (χ4v) is 2.17. The maximum Gasteiger partial charge on any atom is 0.333 e. The van der Waals surface area contributed by atoms with Crippen molar-refractivity contribution in [2.75, 3.05) is 5.32 Å². The van der Waals surface area contributed by atoms with Gasteiger partial charge in [0.05, 0.1) is 0 Å². The second-order valence-electron chi connectivity index (χ2n) is 4.67. The number of carboxylic acid groups (broad SMARTS) is 1. The molecule has 0 saturated carbocycles. The van der Waals surface area contributed by atoms with Crippen LogP contribution in [0.1, 0.15) is 12.5 Å². The first kappa shape index (κ1) is 15.3. The Morgan fingerprint density at radius 1 is 1.24 bits per heavy atom. The van der Waals surface area contributed by atoms with Gasteiger partial charge in [-0.1, -0.05) is 29.8 Å². The summed E-state index contributed by atoms with van der Waals surface area (Å²) in [5.41, 5.74) is -1.75. The summed E-state index contributed by atoms with van der Waals surface area (Å²) in [6.07, 6.45) is 0. The first-order valence-corrected chi connectivity index (χ1v) is 6.44. The zero-order valence-corrected chi connectivity index (χ0v) is 11.8. The normalized spacial score (nSPS) is 13.5. The maximum atomic E-state index is 13.9. The molecule has 0 spiro atoms. The molecule has 21 heavy (non-hydrogen) atoms. The second kappa shape index (κ2) is 5.69. The Morgan fingerprint density at radius 2 is 1.90 bits per heavy atom. The van der Waals surface area contributed by atoms with Gasteiger partial charge in [0.2, 0.25) is 0 Å². The van der Waals surface area contributed by atoms with E-state index in [4.69, 9.17) is 11.6 Å². The summed E-state index contributed by atoms with van der Waals surface area (Å²) < 4.78 is 27.3. The van der Waals surface area contributed by atoms with Gasteiger partial charge < -0.3 is 10.4 Å². The molecular weight excluding hydrogens is 300 g/mol. The largest absolute Gasteiger partial charge is 0.479 e. The first-order valence-electron chi connectivity index (χ1n) is 6.06. The minimum atomic E-state index is -1.84. The summed E-state index contributed by atoms with van der Waals surface area (Å²) in [6.45, 7) is 1.26. The summed E-state index contributed by atoms with van der Waals surface area (Å²) >= 11 is 5.83. The van der Waals surface area contributed by atoms with E-state index >= 15 is 0 Å². The molecule has 0 aliphatic heterocycles. The second-order valence-corrected chi connectivity index (χ2v) is 5.10. The Morgan fingerprint density at radius 3 is 2.52 bits per heavy atom. The van der Waals surface area contributed by atoms with E-state index in [-0.39, 0.29) is 5.56 Å². The molecule has 1 atom stereocenters. The van der Waals surface area contributed by atoms with Crippen LogP contribution in [0, 0.1) is 11.6 Å². The average molecular weight is 312 g/mol. The molecule has 0 fully saturated rings. The number of rotatable bonds is 4. The molecule has 0 aliphatic carbocycles. The van der Waals surface area contributed by atoms with Crippen LogP contribution in [0.25, 0.3) is 0 Å². The van der Waals surface area contributed by atoms with Crippen LogP contribution in [0.4, 0.5) is 14.5 Å². The van der Waals surface area contributed by atoms with Crippen molar-refractivity contribution in [1.29, 1.82) is 0 Å². The number of hydrogen-bond acceptors (Lipinski definition) is 2. The van der Waals surface area contributed by atoms with E-state index in [0.29, 0.717) is 10.7 Å². The number of anilines is 1. The van der Waals surface area contributed by atoms with Gasteiger partial charge in [0.25, 0.3) is 0 Å². The number of carboxylic acids is 1. The van der Waals surface area contributed by atoms with Gasteiger partial charge in [-0.05, 0) is 31.2 Å². The van der Waals surface area contributed by atoms with Gasteiger partial charge >= 0.3 is 5.97 Å². The third kappa shape index (κ3) is 2.97. The molecule has 0 saturated heterocycles. The third-order valence-corrected chi connectivity index (χ3v) is 3.37. The summed E-state index contributed by atoms with van der Waals surface area (Å²) in [6, 6.07) is 9.74. The van der Waals surface area contributed by atoms with Crippen molar-refractivity contribution in [1.82, 2.24) is 0 Å². The van der Waals surface area contributed by atoms with Crippen LogP contribution in [0.15, 0.2) is 42.5 Å². The lowest BCUT2D eigenvalue weighted by molar-refractivity contribution is -0.142. The van der Waals surface area contributed by atoms with E-state index in [2.05, 4.69) is 5.32 Å². The molecule has 2 rings (SSSR count). The van der Waals surface area contributed by atoms with Crippen molar-refractivity contribution < 1.29 is 18.7 Å². The van der Waals surface area contributed by atoms with Crippen molar-refractivity contribution >= 4 is 23.3 Å². The first-order chi connectivity index (χ1) is 9.84. The lowest BCUT2D eigenvalue weighted by Crippen LogP contribution is -2.41. The highest BCUT2D eigenvalue weighted by atomic mass is 35.5. The monoisotopic (exact) mass is 311 g/mol. The van der Waals surface area contributed by atoms with Crippen LogP contribution in [-0.2, 0) is 10.3 Å². The molecule has 0 bridgehead atoms. The summed E-state index contributed by atoms with van der Waals surface area (Å²) in [5.74, 6) is -3.64. The van der Waals surface area contributed by atoms with E-state index in [1.807, 2.05) is 0 Å². The smallest absolute Gasteiger partial charge is 0.333 e. The van der Waals surface area contributed by atoms with Crippen molar-refractivity contribution in [2.45, 2.75) is 12.5 Å². The molecule has 1 unspecified atom stereocenters. The van der Waals surface area contributed by atoms with E-state index in [0.717, 1.165) is 6.07 Å². The lowest BCUT2D eigenvalue weighted by atomic mass is 9.91. The lowest BCUT2D eigenvalue weighted by Gasteiger charge is -2.28. The topological polar surface area (TPSA) is 49.3 Å². The van der Waals surface area contributed by atoms with Gasteiger partial charge in [-0.25, -0.2) is 13.6 Å². The number of nitrogens with one attached hydrogen (secondary N) is 1. The minimum absolute atomic E-state index is 0.296. The predicted molar refractivity (Wildman–Crippen MR) is 76.4 cm³/mol. The highest BCUT2D eigenvalue weighted by Crippen LogP contribution is 2.30. The molecule has 2 aromatic rings. The Balaban J connectivity index is 2.51. The van der Waals surface area contributed by atoms with Crippen molar-refractivity contribution in [3.8, 4) is 0 Å². The zero-order valence-electron chi connectivity index (χ0n) is 11.0. The highest BCUT2D eigenvalue weighted by Gasteiger charge is 2.38. The molecule has 0 aliphatic rings. The number of hydrogen-bond donors (Lipinski definition) is 2. The van der Waals surface area contributed by atoms with Crippen LogP contribution in [0.5, 0.6) is 0 Å². The Labute approximate surface area is 125 Å². The molecule has 2 aromatic carbocycles. The standard InChI is InChI=1S/C15H12ClF2NO2/c1-15(14(20)21,11-6-3-7-12(17)13(11)18)19-10-5-2-4-9(16)8-10/h2-8,19H,1H3,(H,20,21). The van der Waals surface area contributed by atoms with Gasteiger partial charge in [0, 0.05) is 16.3 Å². The van der Waals surface area contributed by atoms with Crippen LogP contribution < -0.4 is 5.32 Å². The molecule has 0 radical (unpaired) electrons.